The van der Waals surface area contributed by atoms with Crippen LogP contribution in [0.5, 0.6) is 0 Å². The lowest BCUT2D eigenvalue weighted by atomic mass is 10.0. The third-order valence-corrected chi connectivity index (χ3v) is 3.64. The van der Waals surface area contributed by atoms with Crippen LogP contribution in [0.4, 0.5) is 0 Å². The lowest BCUT2D eigenvalue weighted by Crippen LogP contribution is -2.11. The van der Waals surface area contributed by atoms with Gasteiger partial charge in [-0.05, 0) is 52.6 Å². The van der Waals surface area contributed by atoms with Gasteiger partial charge in [0.15, 0.2) is 0 Å². The zero-order chi connectivity index (χ0) is 10.1. The first-order valence-corrected chi connectivity index (χ1v) is 6.33. The quantitative estimate of drug-likeness (QED) is 0.843. The van der Waals surface area contributed by atoms with E-state index in [1.54, 1.807) is 0 Å². The number of hydrogen-bond acceptors (Lipinski definition) is 1. The lowest BCUT2D eigenvalue weighted by Gasteiger charge is -2.13. The van der Waals surface area contributed by atoms with Crippen LogP contribution in [0.2, 0.25) is 5.02 Å². The Morgan fingerprint density at radius 2 is 2.21 bits per heavy atom. The summed E-state index contributed by atoms with van der Waals surface area (Å²) in [5.41, 5.74) is 7.20. The van der Waals surface area contributed by atoms with Crippen LogP contribution in [0.1, 0.15) is 30.9 Å². The molecule has 3 heteroatoms. The smallest absolute Gasteiger partial charge is 0.0464 e. The molecule has 1 saturated carbocycles. The number of hydrogen-bond donors (Lipinski definition) is 1. The van der Waals surface area contributed by atoms with Gasteiger partial charge in [0, 0.05) is 14.6 Å². The molecule has 0 spiro atoms. The van der Waals surface area contributed by atoms with Crippen molar-refractivity contribution in [2.75, 3.05) is 0 Å². The van der Waals surface area contributed by atoms with Gasteiger partial charge in [0.05, 0.1) is 0 Å². The molecule has 1 aromatic rings. The van der Waals surface area contributed by atoms with Gasteiger partial charge in [-0.2, -0.15) is 0 Å². The summed E-state index contributed by atoms with van der Waals surface area (Å²) >= 11 is 8.40. The van der Waals surface area contributed by atoms with Gasteiger partial charge in [0.25, 0.3) is 0 Å². The van der Waals surface area contributed by atoms with Crippen molar-refractivity contribution in [1.82, 2.24) is 0 Å². The highest BCUT2D eigenvalue weighted by Gasteiger charge is 2.25. The molecule has 0 aliphatic heterocycles. The molecule has 1 aliphatic rings. The maximum Gasteiger partial charge on any atom is 0.0464 e. The fourth-order valence-corrected chi connectivity index (χ4v) is 2.64. The monoisotopic (exact) mass is 321 g/mol. The van der Waals surface area contributed by atoms with Gasteiger partial charge < -0.3 is 5.73 Å². The van der Waals surface area contributed by atoms with E-state index in [1.165, 1.54) is 12.8 Å². The number of nitrogens with two attached hydrogens (primary N) is 1. The van der Waals surface area contributed by atoms with Gasteiger partial charge in [0.2, 0.25) is 0 Å². The fraction of sp³-hybridized carbons (Fsp3) is 0.455. The number of rotatable bonds is 3. The van der Waals surface area contributed by atoms with E-state index in [0.717, 1.165) is 26.5 Å². The number of benzene rings is 1. The first kappa shape index (κ1) is 10.7. The van der Waals surface area contributed by atoms with Gasteiger partial charge >= 0.3 is 0 Å². The Balaban J connectivity index is 2.13. The fourth-order valence-electron chi connectivity index (χ4n) is 1.64. The summed E-state index contributed by atoms with van der Waals surface area (Å²) in [6.45, 7) is 0. The van der Waals surface area contributed by atoms with Crippen molar-refractivity contribution in [2.24, 2.45) is 11.7 Å². The largest absolute Gasteiger partial charge is 0.324 e. The van der Waals surface area contributed by atoms with Crippen molar-refractivity contribution in [2.45, 2.75) is 25.3 Å². The van der Waals surface area contributed by atoms with Crippen molar-refractivity contribution in [1.29, 1.82) is 0 Å². The molecule has 0 heterocycles. The molecule has 0 saturated heterocycles. The van der Waals surface area contributed by atoms with Crippen LogP contribution >= 0.6 is 34.2 Å². The Morgan fingerprint density at radius 3 is 2.79 bits per heavy atom. The molecule has 76 valence electrons. The molecule has 1 aliphatic carbocycles. The van der Waals surface area contributed by atoms with Crippen LogP contribution in [0.25, 0.3) is 0 Å². The van der Waals surface area contributed by atoms with E-state index in [9.17, 15) is 0 Å². The molecule has 0 radical (unpaired) electrons. The Labute approximate surface area is 103 Å². The summed E-state index contributed by atoms with van der Waals surface area (Å²) in [5, 5.41) is 0.810. The molecule has 2 N–H and O–H groups in total. The van der Waals surface area contributed by atoms with Crippen LogP contribution in [0.15, 0.2) is 18.2 Å². The van der Waals surface area contributed by atoms with Crippen molar-refractivity contribution in [3.05, 3.63) is 32.4 Å². The molecule has 1 fully saturated rings. The zero-order valence-corrected chi connectivity index (χ0v) is 10.8. The Hall–Kier alpha value is 0.200. The van der Waals surface area contributed by atoms with Crippen LogP contribution in [-0.2, 0) is 0 Å². The second kappa shape index (κ2) is 4.37. The molecular formula is C11H13ClIN. The van der Waals surface area contributed by atoms with Crippen LogP contribution < -0.4 is 5.73 Å². The van der Waals surface area contributed by atoms with Gasteiger partial charge in [-0.25, -0.2) is 0 Å². The minimum Gasteiger partial charge on any atom is -0.324 e. The summed E-state index contributed by atoms with van der Waals surface area (Å²) in [6.07, 6.45) is 3.77. The average Bonchev–Trinajstić information content (AvgIpc) is 2.87. The second-order valence-electron chi connectivity index (χ2n) is 3.95. The molecule has 0 amide bonds. The zero-order valence-electron chi connectivity index (χ0n) is 7.84. The van der Waals surface area contributed by atoms with Gasteiger partial charge in [-0.1, -0.05) is 30.5 Å². The standard InChI is InChI=1S/C11H13ClIN/c12-10-6-8(13)3-4-9(10)11(14)5-7-1-2-7/h3-4,6-7,11H,1-2,5,14H2/t11-/m1/s1. The highest BCUT2D eigenvalue weighted by Crippen LogP contribution is 2.38. The van der Waals surface area contributed by atoms with Crippen molar-refractivity contribution in [3.8, 4) is 0 Å². The topological polar surface area (TPSA) is 26.0 Å². The summed E-state index contributed by atoms with van der Waals surface area (Å²) in [4.78, 5) is 0. The Bertz CT molecular complexity index is 336. The van der Waals surface area contributed by atoms with E-state index < -0.39 is 0 Å². The SMILES string of the molecule is N[C@H](CC1CC1)c1ccc(I)cc1Cl. The Morgan fingerprint density at radius 1 is 1.50 bits per heavy atom. The first-order chi connectivity index (χ1) is 6.66. The third-order valence-electron chi connectivity index (χ3n) is 2.65. The molecule has 0 unspecified atom stereocenters. The van der Waals surface area contributed by atoms with Crippen LogP contribution in [-0.4, -0.2) is 0 Å². The first-order valence-electron chi connectivity index (χ1n) is 4.87. The van der Waals surface area contributed by atoms with Crippen molar-refractivity contribution >= 4 is 34.2 Å². The summed E-state index contributed by atoms with van der Waals surface area (Å²) < 4.78 is 1.16. The van der Waals surface area contributed by atoms with E-state index in [-0.39, 0.29) is 6.04 Å². The van der Waals surface area contributed by atoms with Crippen molar-refractivity contribution in [3.63, 3.8) is 0 Å². The van der Waals surface area contributed by atoms with E-state index in [2.05, 4.69) is 34.7 Å². The van der Waals surface area contributed by atoms with Gasteiger partial charge in [-0.3, -0.25) is 0 Å². The Kier molecular flexibility index (Phi) is 3.34. The predicted molar refractivity (Wildman–Crippen MR) is 68.4 cm³/mol. The number of halogens is 2. The second-order valence-corrected chi connectivity index (χ2v) is 5.60. The predicted octanol–water partition coefficient (Wildman–Crippen LogP) is 3.74. The van der Waals surface area contributed by atoms with E-state index >= 15 is 0 Å². The van der Waals surface area contributed by atoms with Crippen LogP contribution in [0, 0.1) is 9.49 Å². The normalized spacial score (nSPS) is 18.2. The minimum atomic E-state index is 0.118. The molecule has 2 rings (SSSR count). The molecule has 1 atom stereocenters. The molecule has 0 bridgehead atoms. The van der Waals surface area contributed by atoms with Crippen molar-refractivity contribution < 1.29 is 0 Å². The summed E-state index contributed by atoms with van der Waals surface area (Å²) in [6, 6.07) is 6.21. The molecule has 14 heavy (non-hydrogen) atoms. The van der Waals surface area contributed by atoms with E-state index in [1.807, 2.05) is 6.07 Å². The van der Waals surface area contributed by atoms with E-state index in [0.29, 0.717) is 0 Å². The molecule has 0 aromatic heterocycles. The highest BCUT2D eigenvalue weighted by atomic mass is 127. The van der Waals surface area contributed by atoms with Crippen LogP contribution in [0.3, 0.4) is 0 Å². The minimum absolute atomic E-state index is 0.118. The molecular weight excluding hydrogens is 308 g/mol. The summed E-state index contributed by atoms with van der Waals surface area (Å²) in [7, 11) is 0. The summed E-state index contributed by atoms with van der Waals surface area (Å²) in [5.74, 6) is 0.848. The lowest BCUT2D eigenvalue weighted by molar-refractivity contribution is 0.597. The van der Waals surface area contributed by atoms with Gasteiger partial charge in [0.1, 0.15) is 0 Å². The maximum absolute atomic E-state index is 6.14. The van der Waals surface area contributed by atoms with Gasteiger partial charge in [-0.15, -0.1) is 0 Å². The maximum atomic E-state index is 6.14. The third kappa shape index (κ3) is 2.61. The average molecular weight is 322 g/mol. The molecule has 1 aromatic carbocycles. The highest BCUT2D eigenvalue weighted by molar-refractivity contribution is 14.1. The van der Waals surface area contributed by atoms with E-state index in [4.69, 9.17) is 17.3 Å². The molecule has 1 nitrogen and oxygen atoms in total.